The molecule has 0 saturated carbocycles. The lowest BCUT2D eigenvalue weighted by atomic mass is 10.1. The van der Waals surface area contributed by atoms with Gasteiger partial charge in [0, 0.05) is 13.6 Å². The van der Waals surface area contributed by atoms with Crippen LogP contribution in [0.25, 0.3) is 0 Å². The van der Waals surface area contributed by atoms with Gasteiger partial charge in [-0.2, -0.15) is 0 Å². The van der Waals surface area contributed by atoms with Crippen molar-refractivity contribution in [3.63, 3.8) is 0 Å². The first kappa shape index (κ1) is 14.3. The van der Waals surface area contributed by atoms with Crippen molar-refractivity contribution in [2.45, 2.75) is 13.0 Å². The molecule has 0 aliphatic rings. The molecule has 5 nitrogen and oxygen atoms in total. The van der Waals surface area contributed by atoms with Crippen molar-refractivity contribution < 1.29 is 19.4 Å². The Kier molecular flexibility index (Phi) is 4.97. The van der Waals surface area contributed by atoms with Gasteiger partial charge in [-0.15, -0.1) is 0 Å². The van der Waals surface area contributed by atoms with Gasteiger partial charge in [-0.1, -0.05) is 0 Å². The van der Waals surface area contributed by atoms with E-state index in [1.807, 2.05) is 0 Å². The van der Waals surface area contributed by atoms with Crippen LogP contribution in [0.15, 0.2) is 18.2 Å². The molecule has 0 aliphatic carbocycles. The number of rotatable bonds is 5. The lowest BCUT2D eigenvalue weighted by Gasteiger charge is -2.20. The average molecular weight is 253 g/mol. The molecule has 0 bridgehead atoms. The van der Waals surface area contributed by atoms with E-state index in [2.05, 4.69) is 0 Å². The summed E-state index contributed by atoms with van der Waals surface area (Å²) in [6.07, 6.45) is -0.574. The van der Waals surface area contributed by atoms with Crippen LogP contribution in [0.5, 0.6) is 11.5 Å². The molecule has 1 amide bonds. The Hall–Kier alpha value is -1.75. The smallest absolute Gasteiger partial charge is 0.257 e. The van der Waals surface area contributed by atoms with Gasteiger partial charge in [-0.05, 0) is 25.1 Å². The highest BCUT2D eigenvalue weighted by atomic mass is 16.5. The van der Waals surface area contributed by atoms with Crippen molar-refractivity contribution in [1.82, 2.24) is 4.90 Å². The van der Waals surface area contributed by atoms with Crippen LogP contribution in [0.1, 0.15) is 17.3 Å². The van der Waals surface area contributed by atoms with Gasteiger partial charge < -0.3 is 19.5 Å². The first-order valence-electron chi connectivity index (χ1n) is 5.65. The largest absolute Gasteiger partial charge is 0.497 e. The fraction of sp³-hybridized carbons (Fsp3) is 0.462. The van der Waals surface area contributed by atoms with Gasteiger partial charge in [0.05, 0.1) is 25.9 Å². The summed E-state index contributed by atoms with van der Waals surface area (Å²) in [5.74, 6) is 0.856. The maximum Gasteiger partial charge on any atom is 0.257 e. The molecule has 0 aliphatic heterocycles. The van der Waals surface area contributed by atoms with Crippen molar-refractivity contribution >= 4 is 5.91 Å². The second-order valence-corrected chi connectivity index (χ2v) is 4.10. The zero-order valence-corrected chi connectivity index (χ0v) is 11.1. The highest BCUT2D eigenvalue weighted by Crippen LogP contribution is 2.25. The van der Waals surface area contributed by atoms with Gasteiger partial charge in [0.1, 0.15) is 11.5 Å². The third kappa shape index (κ3) is 3.37. The Morgan fingerprint density at radius 2 is 2.06 bits per heavy atom. The van der Waals surface area contributed by atoms with E-state index in [0.29, 0.717) is 17.1 Å². The van der Waals surface area contributed by atoms with Crippen molar-refractivity contribution in [2.24, 2.45) is 0 Å². The molecular weight excluding hydrogens is 234 g/mol. The van der Waals surface area contributed by atoms with Crippen molar-refractivity contribution in [1.29, 1.82) is 0 Å². The normalized spacial score (nSPS) is 11.8. The first-order valence-corrected chi connectivity index (χ1v) is 5.65. The average Bonchev–Trinajstić information content (AvgIpc) is 2.36. The number of methoxy groups -OCH3 is 2. The fourth-order valence-electron chi connectivity index (χ4n) is 1.67. The molecule has 1 aromatic rings. The van der Waals surface area contributed by atoms with E-state index < -0.39 is 6.10 Å². The predicted molar refractivity (Wildman–Crippen MR) is 68.2 cm³/mol. The summed E-state index contributed by atoms with van der Waals surface area (Å²) in [6.45, 7) is 1.89. The maximum atomic E-state index is 12.2. The van der Waals surface area contributed by atoms with Crippen LogP contribution >= 0.6 is 0 Å². The molecule has 0 radical (unpaired) electrons. The zero-order chi connectivity index (χ0) is 13.7. The number of likely N-dealkylation sites (N-methyl/N-ethyl adjacent to an activating group) is 1. The SMILES string of the molecule is COc1ccc(OC)c(C(=O)N(C)CC(C)O)c1. The topological polar surface area (TPSA) is 59.0 Å². The number of carbonyl (C=O) groups excluding carboxylic acids is 1. The number of benzene rings is 1. The number of hydrogen-bond donors (Lipinski definition) is 1. The third-order valence-corrected chi connectivity index (χ3v) is 2.52. The van der Waals surface area contributed by atoms with E-state index in [9.17, 15) is 9.90 Å². The van der Waals surface area contributed by atoms with Crippen LogP contribution in [0.3, 0.4) is 0 Å². The summed E-state index contributed by atoms with van der Waals surface area (Å²) in [5, 5.41) is 9.30. The maximum absolute atomic E-state index is 12.2. The van der Waals surface area contributed by atoms with Gasteiger partial charge >= 0.3 is 0 Å². The monoisotopic (exact) mass is 253 g/mol. The number of nitrogens with zero attached hydrogens (tertiary/aromatic N) is 1. The minimum absolute atomic E-state index is 0.216. The number of hydrogen-bond acceptors (Lipinski definition) is 4. The molecule has 0 spiro atoms. The zero-order valence-electron chi connectivity index (χ0n) is 11.1. The predicted octanol–water partition coefficient (Wildman–Crippen LogP) is 1.16. The van der Waals surface area contributed by atoms with Crippen molar-refractivity contribution in [3.8, 4) is 11.5 Å². The number of aliphatic hydroxyl groups is 1. The summed E-state index contributed by atoms with van der Waals surface area (Å²) in [5.41, 5.74) is 0.417. The Morgan fingerprint density at radius 1 is 1.39 bits per heavy atom. The minimum Gasteiger partial charge on any atom is -0.497 e. The second-order valence-electron chi connectivity index (χ2n) is 4.10. The van der Waals surface area contributed by atoms with Gasteiger partial charge in [-0.3, -0.25) is 4.79 Å². The number of ether oxygens (including phenoxy) is 2. The van der Waals surface area contributed by atoms with E-state index in [-0.39, 0.29) is 12.5 Å². The highest BCUT2D eigenvalue weighted by molar-refractivity contribution is 5.97. The quantitative estimate of drug-likeness (QED) is 0.855. The molecule has 1 rings (SSSR count). The van der Waals surface area contributed by atoms with Gasteiger partial charge in [-0.25, -0.2) is 0 Å². The Labute approximate surface area is 107 Å². The Bertz CT molecular complexity index is 417. The van der Waals surface area contributed by atoms with E-state index in [0.717, 1.165) is 0 Å². The van der Waals surface area contributed by atoms with E-state index in [4.69, 9.17) is 9.47 Å². The first-order chi connectivity index (χ1) is 8.49. The molecular formula is C13H19NO4. The molecule has 0 aromatic heterocycles. The third-order valence-electron chi connectivity index (χ3n) is 2.52. The van der Waals surface area contributed by atoms with E-state index in [1.54, 1.807) is 32.2 Å². The molecule has 0 heterocycles. The van der Waals surface area contributed by atoms with Crippen LogP contribution < -0.4 is 9.47 Å². The van der Waals surface area contributed by atoms with Gasteiger partial charge in [0.25, 0.3) is 5.91 Å². The van der Waals surface area contributed by atoms with Crippen molar-refractivity contribution in [3.05, 3.63) is 23.8 Å². The fourth-order valence-corrected chi connectivity index (χ4v) is 1.67. The van der Waals surface area contributed by atoms with Gasteiger partial charge in [0.15, 0.2) is 0 Å². The standard InChI is InChI=1S/C13H19NO4/c1-9(15)8-14(2)13(16)11-7-10(17-3)5-6-12(11)18-4/h5-7,9,15H,8H2,1-4H3. The molecule has 1 unspecified atom stereocenters. The van der Waals surface area contributed by atoms with Crippen LogP contribution in [0, 0.1) is 0 Å². The summed E-state index contributed by atoms with van der Waals surface area (Å²) in [6, 6.07) is 5.03. The number of aliphatic hydroxyl groups excluding tert-OH is 1. The van der Waals surface area contributed by atoms with Crippen LogP contribution in [-0.4, -0.2) is 49.8 Å². The van der Waals surface area contributed by atoms with Crippen molar-refractivity contribution in [2.75, 3.05) is 27.8 Å². The van der Waals surface area contributed by atoms with Gasteiger partial charge in [0.2, 0.25) is 0 Å². The molecule has 1 aromatic carbocycles. The summed E-state index contributed by atoms with van der Waals surface area (Å²) in [7, 11) is 4.68. The molecule has 0 saturated heterocycles. The summed E-state index contributed by atoms with van der Waals surface area (Å²) in [4.78, 5) is 13.7. The summed E-state index contributed by atoms with van der Waals surface area (Å²) >= 11 is 0. The van der Waals surface area contributed by atoms with E-state index in [1.165, 1.54) is 19.1 Å². The molecule has 18 heavy (non-hydrogen) atoms. The van der Waals surface area contributed by atoms with E-state index >= 15 is 0 Å². The molecule has 100 valence electrons. The molecule has 1 atom stereocenters. The lowest BCUT2D eigenvalue weighted by molar-refractivity contribution is 0.0700. The Morgan fingerprint density at radius 3 is 2.56 bits per heavy atom. The minimum atomic E-state index is -0.574. The van der Waals surface area contributed by atoms with Crippen LogP contribution in [-0.2, 0) is 0 Å². The highest BCUT2D eigenvalue weighted by Gasteiger charge is 2.18. The second kappa shape index (κ2) is 6.26. The molecule has 1 N–H and O–H groups in total. The lowest BCUT2D eigenvalue weighted by Crippen LogP contribution is -2.33. The summed E-state index contributed by atoms with van der Waals surface area (Å²) < 4.78 is 10.2. The van der Waals surface area contributed by atoms with Crippen LogP contribution in [0.2, 0.25) is 0 Å². The number of carbonyl (C=O) groups is 1. The molecule has 0 fully saturated rings. The molecule has 5 heteroatoms. The number of amides is 1. The van der Waals surface area contributed by atoms with Crippen LogP contribution in [0.4, 0.5) is 0 Å². The Balaban J connectivity index is 3.02.